The van der Waals surface area contributed by atoms with E-state index in [1.165, 1.54) is 16.5 Å². The summed E-state index contributed by atoms with van der Waals surface area (Å²) in [6.07, 6.45) is 1.07. The predicted molar refractivity (Wildman–Crippen MR) is 78.0 cm³/mol. The first kappa shape index (κ1) is 13.3. The lowest BCUT2D eigenvalue weighted by atomic mass is 10.0. The number of pyridine rings is 1. The molecule has 0 radical (unpaired) electrons. The van der Waals surface area contributed by atoms with E-state index in [0.29, 0.717) is 12.6 Å². The first-order valence-corrected chi connectivity index (χ1v) is 7.52. The van der Waals surface area contributed by atoms with Gasteiger partial charge >= 0.3 is 5.97 Å². The van der Waals surface area contributed by atoms with Gasteiger partial charge in [0.15, 0.2) is 0 Å². The number of aromatic nitrogens is 1. The maximum Gasteiger partial charge on any atom is 0.354 e. The van der Waals surface area contributed by atoms with Crippen molar-refractivity contribution in [2.75, 3.05) is 6.54 Å². The van der Waals surface area contributed by atoms with Crippen LogP contribution in [0.15, 0.2) is 29.6 Å². The number of thiophene rings is 1. The minimum absolute atomic E-state index is 0.114. The molecule has 0 aromatic carbocycles. The molecule has 1 unspecified atom stereocenters. The highest BCUT2D eigenvalue weighted by Gasteiger charge is 2.24. The number of carboxylic acid groups (broad SMARTS) is 1. The van der Waals surface area contributed by atoms with Gasteiger partial charge in [-0.05, 0) is 42.5 Å². The van der Waals surface area contributed by atoms with Gasteiger partial charge in [0.05, 0.1) is 5.69 Å². The van der Waals surface area contributed by atoms with E-state index < -0.39 is 5.97 Å². The number of carbonyl (C=O) groups is 1. The molecular weight excluding hydrogens is 272 g/mol. The highest BCUT2D eigenvalue weighted by atomic mass is 32.1. The van der Waals surface area contributed by atoms with Crippen LogP contribution in [0, 0.1) is 0 Å². The van der Waals surface area contributed by atoms with E-state index in [-0.39, 0.29) is 5.69 Å². The van der Waals surface area contributed by atoms with E-state index in [1.807, 2.05) is 17.4 Å². The summed E-state index contributed by atoms with van der Waals surface area (Å²) < 4.78 is 0. The van der Waals surface area contributed by atoms with Crippen molar-refractivity contribution < 1.29 is 9.90 Å². The van der Waals surface area contributed by atoms with Gasteiger partial charge in [-0.1, -0.05) is 6.07 Å². The van der Waals surface area contributed by atoms with Gasteiger partial charge in [0.25, 0.3) is 0 Å². The van der Waals surface area contributed by atoms with Crippen LogP contribution in [0.4, 0.5) is 0 Å². The number of nitrogens with zero attached hydrogens (tertiary/aromatic N) is 2. The van der Waals surface area contributed by atoms with Crippen molar-refractivity contribution in [2.45, 2.75) is 25.9 Å². The quantitative estimate of drug-likeness (QED) is 0.943. The van der Waals surface area contributed by atoms with Gasteiger partial charge in [0.2, 0.25) is 0 Å². The number of carboxylic acids is 1. The Balaban J connectivity index is 1.79. The molecule has 1 atom stereocenters. The molecule has 0 fully saturated rings. The Morgan fingerprint density at radius 1 is 1.50 bits per heavy atom. The van der Waals surface area contributed by atoms with Crippen LogP contribution in [-0.4, -0.2) is 27.5 Å². The van der Waals surface area contributed by atoms with Crippen molar-refractivity contribution in [2.24, 2.45) is 0 Å². The zero-order chi connectivity index (χ0) is 14.1. The lowest BCUT2D eigenvalue weighted by molar-refractivity contribution is 0.0689. The largest absolute Gasteiger partial charge is 0.477 e. The molecule has 2 aromatic heterocycles. The summed E-state index contributed by atoms with van der Waals surface area (Å²) in [4.78, 5) is 19.0. The second kappa shape index (κ2) is 5.34. The molecule has 0 saturated carbocycles. The van der Waals surface area contributed by atoms with Gasteiger partial charge in [0.1, 0.15) is 5.69 Å². The minimum Gasteiger partial charge on any atom is -0.477 e. The Morgan fingerprint density at radius 2 is 2.35 bits per heavy atom. The number of rotatable bonds is 3. The molecule has 104 valence electrons. The SMILES string of the molecule is CC1c2ccsc2CCN1Cc1cccc(C(=O)O)n1. The van der Waals surface area contributed by atoms with Crippen LogP contribution in [0.2, 0.25) is 0 Å². The molecule has 3 heterocycles. The predicted octanol–water partition coefficient (Wildman–Crippen LogP) is 2.96. The molecule has 3 rings (SSSR count). The van der Waals surface area contributed by atoms with Crippen LogP contribution in [0.3, 0.4) is 0 Å². The summed E-state index contributed by atoms with van der Waals surface area (Å²) in [5, 5.41) is 11.1. The average molecular weight is 288 g/mol. The van der Waals surface area contributed by atoms with Crippen molar-refractivity contribution in [3.05, 3.63) is 51.5 Å². The molecule has 20 heavy (non-hydrogen) atoms. The average Bonchev–Trinajstić information content (AvgIpc) is 2.91. The summed E-state index contributed by atoms with van der Waals surface area (Å²) >= 11 is 1.82. The van der Waals surface area contributed by atoms with Crippen molar-refractivity contribution in [3.63, 3.8) is 0 Å². The van der Waals surface area contributed by atoms with Gasteiger partial charge in [-0.15, -0.1) is 11.3 Å². The smallest absolute Gasteiger partial charge is 0.354 e. The van der Waals surface area contributed by atoms with Crippen LogP contribution in [-0.2, 0) is 13.0 Å². The molecular formula is C15H16N2O2S. The van der Waals surface area contributed by atoms with E-state index in [9.17, 15) is 4.79 Å². The standard InChI is InChI=1S/C15H16N2O2S/c1-10-12-6-8-20-14(12)5-7-17(10)9-11-3-2-4-13(16-11)15(18)19/h2-4,6,8,10H,5,7,9H2,1H3,(H,18,19). The molecule has 0 bridgehead atoms. The summed E-state index contributed by atoms with van der Waals surface area (Å²) in [7, 11) is 0. The van der Waals surface area contributed by atoms with Gasteiger partial charge in [-0.3, -0.25) is 4.90 Å². The fourth-order valence-corrected chi connectivity index (χ4v) is 3.64. The lowest BCUT2D eigenvalue weighted by Gasteiger charge is -2.33. The van der Waals surface area contributed by atoms with Crippen LogP contribution in [0.25, 0.3) is 0 Å². The van der Waals surface area contributed by atoms with E-state index in [4.69, 9.17) is 5.11 Å². The molecule has 1 aliphatic rings. The third-order valence-electron chi connectivity index (χ3n) is 3.79. The van der Waals surface area contributed by atoms with E-state index in [1.54, 1.807) is 6.07 Å². The fraction of sp³-hybridized carbons (Fsp3) is 0.333. The summed E-state index contributed by atoms with van der Waals surface area (Å²) in [6.45, 7) is 3.89. The lowest BCUT2D eigenvalue weighted by Crippen LogP contribution is -2.33. The Labute approximate surface area is 121 Å². The second-order valence-electron chi connectivity index (χ2n) is 5.01. The van der Waals surface area contributed by atoms with Crippen molar-refractivity contribution >= 4 is 17.3 Å². The number of aromatic carboxylic acids is 1. The van der Waals surface area contributed by atoms with Crippen LogP contribution >= 0.6 is 11.3 Å². The van der Waals surface area contributed by atoms with E-state index in [0.717, 1.165) is 18.7 Å². The van der Waals surface area contributed by atoms with Gasteiger partial charge < -0.3 is 5.11 Å². The molecule has 0 saturated heterocycles. The van der Waals surface area contributed by atoms with Crippen molar-refractivity contribution in [1.29, 1.82) is 0 Å². The van der Waals surface area contributed by atoms with Crippen LogP contribution in [0.1, 0.15) is 39.6 Å². The Hall–Kier alpha value is -1.72. The number of fused-ring (bicyclic) bond motifs is 1. The Kier molecular flexibility index (Phi) is 3.54. The second-order valence-corrected chi connectivity index (χ2v) is 6.02. The fourth-order valence-electron chi connectivity index (χ4n) is 2.67. The third kappa shape index (κ3) is 2.46. The number of hydrogen-bond acceptors (Lipinski definition) is 4. The number of hydrogen-bond donors (Lipinski definition) is 1. The highest BCUT2D eigenvalue weighted by Crippen LogP contribution is 2.33. The van der Waals surface area contributed by atoms with Gasteiger partial charge in [-0.25, -0.2) is 9.78 Å². The van der Waals surface area contributed by atoms with E-state index >= 15 is 0 Å². The third-order valence-corrected chi connectivity index (χ3v) is 4.79. The first-order chi connectivity index (χ1) is 9.65. The van der Waals surface area contributed by atoms with Gasteiger partial charge in [-0.2, -0.15) is 0 Å². The van der Waals surface area contributed by atoms with Crippen molar-refractivity contribution in [1.82, 2.24) is 9.88 Å². The van der Waals surface area contributed by atoms with Crippen LogP contribution < -0.4 is 0 Å². The van der Waals surface area contributed by atoms with Crippen molar-refractivity contribution in [3.8, 4) is 0 Å². The summed E-state index contributed by atoms with van der Waals surface area (Å²) in [5.41, 5.74) is 2.33. The molecule has 1 aliphatic heterocycles. The topological polar surface area (TPSA) is 53.4 Å². The van der Waals surface area contributed by atoms with Gasteiger partial charge in [0, 0.05) is 24.0 Å². The molecule has 1 N–H and O–H groups in total. The molecule has 0 spiro atoms. The molecule has 2 aromatic rings. The Bertz CT molecular complexity index is 638. The molecule has 4 nitrogen and oxygen atoms in total. The zero-order valence-electron chi connectivity index (χ0n) is 11.2. The van der Waals surface area contributed by atoms with E-state index in [2.05, 4.69) is 28.3 Å². The normalized spacial score (nSPS) is 18.8. The summed E-state index contributed by atoms with van der Waals surface area (Å²) in [6, 6.07) is 7.74. The minimum atomic E-state index is -0.973. The first-order valence-electron chi connectivity index (χ1n) is 6.64. The molecule has 0 amide bonds. The Morgan fingerprint density at radius 3 is 3.15 bits per heavy atom. The van der Waals surface area contributed by atoms with Crippen LogP contribution in [0.5, 0.6) is 0 Å². The molecule has 5 heteroatoms. The monoisotopic (exact) mass is 288 g/mol. The molecule has 0 aliphatic carbocycles. The maximum atomic E-state index is 11.0. The highest BCUT2D eigenvalue weighted by molar-refractivity contribution is 7.10. The zero-order valence-corrected chi connectivity index (χ0v) is 12.1. The summed E-state index contributed by atoms with van der Waals surface area (Å²) in [5.74, 6) is -0.973. The maximum absolute atomic E-state index is 11.0.